The number of hydrogen-bond acceptors (Lipinski definition) is 5. The van der Waals surface area contributed by atoms with Gasteiger partial charge >= 0.3 is 0 Å². The maximum Gasteiger partial charge on any atom is 0.260 e. The molecule has 1 fully saturated rings. The third-order valence-corrected chi connectivity index (χ3v) is 5.28. The van der Waals surface area contributed by atoms with Crippen molar-refractivity contribution in [2.45, 2.75) is 11.4 Å². The third-order valence-electron chi connectivity index (χ3n) is 3.82. The Labute approximate surface area is 123 Å². The molecule has 114 valence electrons. The SMILES string of the molecule is CN1CCC(CNS(=O)(=O)c2c(N)nc3ccccn23)C1. The fourth-order valence-corrected chi connectivity index (χ4v) is 4.07. The van der Waals surface area contributed by atoms with E-state index in [1.54, 1.807) is 24.4 Å². The number of likely N-dealkylation sites (tertiary alicyclic amines) is 1. The Hall–Kier alpha value is -1.64. The molecule has 1 unspecified atom stereocenters. The molecular weight excluding hydrogens is 290 g/mol. The fraction of sp³-hybridized carbons (Fsp3) is 0.462. The molecule has 1 aliphatic heterocycles. The Kier molecular flexibility index (Phi) is 3.60. The van der Waals surface area contributed by atoms with E-state index < -0.39 is 10.0 Å². The second kappa shape index (κ2) is 5.28. The Balaban J connectivity index is 1.85. The summed E-state index contributed by atoms with van der Waals surface area (Å²) in [4.78, 5) is 6.28. The van der Waals surface area contributed by atoms with Crippen molar-refractivity contribution >= 4 is 21.5 Å². The first kappa shape index (κ1) is 14.3. The lowest BCUT2D eigenvalue weighted by Gasteiger charge is -2.12. The van der Waals surface area contributed by atoms with E-state index in [9.17, 15) is 8.42 Å². The summed E-state index contributed by atoms with van der Waals surface area (Å²) in [5.74, 6) is 0.363. The number of fused-ring (bicyclic) bond motifs is 1. The number of nitrogens with one attached hydrogen (secondary N) is 1. The molecule has 0 radical (unpaired) electrons. The molecule has 8 heteroatoms. The van der Waals surface area contributed by atoms with Gasteiger partial charge in [0.25, 0.3) is 10.0 Å². The number of nitrogen functional groups attached to an aromatic ring is 1. The zero-order valence-electron chi connectivity index (χ0n) is 11.9. The highest BCUT2D eigenvalue weighted by molar-refractivity contribution is 7.89. The molecule has 1 atom stereocenters. The first-order valence-electron chi connectivity index (χ1n) is 6.88. The number of sulfonamides is 1. The molecule has 0 aliphatic carbocycles. The number of nitrogens with zero attached hydrogens (tertiary/aromatic N) is 3. The van der Waals surface area contributed by atoms with E-state index in [1.165, 1.54) is 4.40 Å². The molecule has 0 spiro atoms. The van der Waals surface area contributed by atoms with E-state index in [4.69, 9.17) is 5.73 Å². The van der Waals surface area contributed by atoms with Gasteiger partial charge in [-0.1, -0.05) is 6.07 Å². The first-order valence-corrected chi connectivity index (χ1v) is 8.36. The Morgan fingerprint density at radius 2 is 2.29 bits per heavy atom. The van der Waals surface area contributed by atoms with Gasteiger partial charge in [0.1, 0.15) is 5.65 Å². The van der Waals surface area contributed by atoms with Crippen molar-refractivity contribution in [2.75, 3.05) is 32.4 Å². The molecule has 1 aliphatic rings. The van der Waals surface area contributed by atoms with Crippen LogP contribution in [0, 0.1) is 5.92 Å². The summed E-state index contributed by atoms with van der Waals surface area (Å²) in [6, 6.07) is 5.26. The molecule has 2 aromatic heterocycles. The maximum absolute atomic E-state index is 12.5. The van der Waals surface area contributed by atoms with Gasteiger partial charge in [0, 0.05) is 19.3 Å². The van der Waals surface area contributed by atoms with E-state index >= 15 is 0 Å². The van der Waals surface area contributed by atoms with E-state index in [0.717, 1.165) is 19.5 Å². The molecule has 0 bridgehead atoms. The van der Waals surface area contributed by atoms with Gasteiger partial charge in [-0.3, -0.25) is 4.40 Å². The molecule has 21 heavy (non-hydrogen) atoms. The van der Waals surface area contributed by atoms with Crippen LogP contribution in [-0.4, -0.2) is 49.4 Å². The molecule has 0 aromatic carbocycles. The van der Waals surface area contributed by atoms with Crippen molar-refractivity contribution < 1.29 is 8.42 Å². The first-order chi connectivity index (χ1) is 9.97. The molecule has 3 N–H and O–H groups in total. The van der Waals surface area contributed by atoms with Gasteiger partial charge in [-0.05, 0) is 38.1 Å². The minimum absolute atomic E-state index is 0.0180. The number of pyridine rings is 1. The second-order valence-corrected chi connectivity index (χ2v) is 7.18. The normalized spacial score (nSPS) is 20.3. The van der Waals surface area contributed by atoms with Gasteiger partial charge < -0.3 is 10.6 Å². The lowest BCUT2D eigenvalue weighted by molar-refractivity contribution is 0.394. The van der Waals surface area contributed by atoms with Crippen LogP contribution in [0.25, 0.3) is 5.65 Å². The monoisotopic (exact) mass is 309 g/mol. The standard InChI is InChI=1S/C13H19N5O2S/c1-17-7-5-10(9-17)8-15-21(19,20)13-12(14)16-11-4-2-3-6-18(11)13/h2-4,6,10,15H,5,7-9,14H2,1H3. The molecular formula is C13H19N5O2S. The van der Waals surface area contributed by atoms with Gasteiger partial charge in [0.05, 0.1) is 0 Å². The van der Waals surface area contributed by atoms with Gasteiger partial charge in [0.15, 0.2) is 10.8 Å². The van der Waals surface area contributed by atoms with E-state index in [0.29, 0.717) is 18.1 Å². The van der Waals surface area contributed by atoms with Crippen LogP contribution in [0.2, 0.25) is 0 Å². The number of aromatic nitrogens is 2. The molecule has 0 amide bonds. The smallest absolute Gasteiger partial charge is 0.260 e. The van der Waals surface area contributed by atoms with Crippen LogP contribution in [0.15, 0.2) is 29.4 Å². The largest absolute Gasteiger partial charge is 0.381 e. The number of imidazole rings is 1. The average molecular weight is 309 g/mol. The predicted octanol–water partition coefficient (Wildman–Crippen LogP) is 0.147. The highest BCUT2D eigenvalue weighted by atomic mass is 32.2. The summed E-state index contributed by atoms with van der Waals surface area (Å²) in [7, 11) is -1.63. The molecule has 3 heterocycles. The third kappa shape index (κ3) is 2.74. The van der Waals surface area contributed by atoms with Gasteiger partial charge in [-0.2, -0.15) is 0 Å². The molecule has 3 rings (SSSR count). The second-order valence-electron chi connectivity index (χ2n) is 5.50. The van der Waals surface area contributed by atoms with Gasteiger partial charge in [-0.15, -0.1) is 0 Å². The van der Waals surface area contributed by atoms with Crippen LogP contribution in [-0.2, 0) is 10.0 Å². The molecule has 1 saturated heterocycles. The predicted molar refractivity (Wildman–Crippen MR) is 80.4 cm³/mol. The van der Waals surface area contributed by atoms with Crippen LogP contribution in [0.4, 0.5) is 5.82 Å². The number of nitrogens with two attached hydrogens (primary N) is 1. The minimum Gasteiger partial charge on any atom is -0.381 e. The van der Waals surface area contributed by atoms with Crippen molar-refractivity contribution in [1.29, 1.82) is 0 Å². The zero-order chi connectivity index (χ0) is 15.0. The molecule has 2 aromatic rings. The highest BCUT2D eigenvalue weighted by Gasteiger charge is 2.26. The summed E-state index contributed by atoms with van der Waals surface area (Å²) in [5, 5.41) is 0.0180. The van der Waals surface area contributed by atoms with Crippen molar-refractivity contribution in [1.82, 2.24) is 19.0 Å². The summed E-state index contributed by atoms with van der Waals surface area (Å²) in [6.07, 6.45) is 2.65. The van der Waals surface area contributed by atoms with Crippen molar-refractivity contribution in [3.05, 3.63) is 24.4 Å². The number of anilines is 1. The van der Waals surface area contributed by atoms with E-state index in [-0.39, 0.29) is 10.8 Å². The number of rotatable bonds is 4. The van der Waals surface area contributed by atoms with Crippen molar-refractivity contribution in [3.63, 3.8) is 0 Å². The summed E-state index contributed by atoms with van der Waals surface area (Å²) in [6.45, 7) is 2.33. The lowest BCUT2D eigenvalue weighted by atomic mass is 10.1. The van der Waals surface area contributed by atoms with Crippen LogP contribution in [0.5, 0.6) is 0 Å². The van der Waals surface area contributed by atoms with Crippen LogP contribution >= 0.6 is 0 Å². The van der Waals surface area contributed by atoms with Crippen LogP contribution in [0.1, 0.15) is 6.42 Å². The quantitative estimate of drug-likeness (QED) is 0.838. The molecule has 0 saturated carbocycles. The van der Waals surface area contributed by atoms with Crippen LogP contribution < -0.4 is 10.5 Å². The lowest BCUT2D eigenvalue weighted by Crippen LogP contribution is -2.31. The minimum atomic E-state index is -3.67. The van der Waals surface area contributed by atoms with Crippen LogP contribution in [0.3, 0.4) is 0 Å². The van der Waals surface area contributed by atoms with Gasteiger partial charge in [0.2, 0.25) is 0 Å². The fourth-order valence-electron chi connectivity index (χ4n) is 2.75. The summed E-state index contributed by atoms with van der Waals surface area (Å²) in [5.41, 5.74) is 6.31. The topological polar surface area (TPSA) is 92.7 Å². The van der Waals surface area contributed by atoms with E-state index in [2.05, 4.69) is 14.6 Å². The summed E-state index contributed by atoms with van der Waals surface area (Å²) < 4.78 is 29.2. The highest BCUT2D eigenvalue weighted by Crippen LogP contribution is 2.20. The Morgan fingerprint density at radius 3 is 3.00 bits per heavy atom. The zero-order valence-corrected chi connectivity index (χ0v) is 12.7. The number of hydrogen-bond donors (Lipinski definition) is 2. The van der Waals surface area contributed by atoms with E-state index in [1.807, 2.05) is 7.05 Å². The Bertz CT molecular complexity index is 755. The van der Waals surface area contributed by atoms with Gasteiger partial charge in [-0.25, -0.2) is 18.1 Å². The maximum atomic E-state index is 12.5. The van der Waals surface area contributed by atoms with Crippen molar-refractivity contribution in [3.8, 4) is 0 Å². The Morgan fingerprint density at radius 1 is 1.48 bits per heavy atom. The van der Waals surface area contributed by atoms with Crippen molar-refractivity contribution in [2.24, 2.45) is 5.92 Å². The summed E-state index contributed by atoms with van der Waals surface area (Å²) >= 11 is 0. The molecule has 7 nitrogen and oxygen atoms in total. The average Bonchev–Trinajstić information content (AvgIpc) is 2.99.